The standard InChI is InChI=1S/C11H13ClN4S/c12-8-3-4-10-14-11(15-16(10)6-8)13-9-2-1-5-17-7-9/h3-4,6,9H,1-2,5,7H2,(H,13,15). The number of halogens is 1. The number of anilines is 1. The van der Waals surface area contributed by atoms with Gasteiger partial charge in [0.05, 0.1) is 5.02 Å². The molecule has 6 heteroatoms. The molecule has 1 atom stereocenters. The lowest BCUT2D eigenvalue weighted by molar-refractivity contribution is 0.678. The third-order valence-electron chi connectivity index (χ3n) is 2.79. The zero-order chi connectivity index (χ0) is 11.7. The SMILES string of the molecule is Clc1ccc2nc(NC3CCCSC3)nn2c1. The van der Waals surface area contributed by atoms with Crippen LogP contribution in [0.15, 0.2) is 18.3 Å². The van der Waals surface area contributed by atoms with Crippen LogP contribution in [0.5, 0.6) is 0 Å². The highest BCUT2D eigenvalue weighted by Gasteiger charge is 2.15. The molecule has 2 aromatic heterocycles. The highest BCUT2D eigenvalue weighted by atomic mass is 35.5. The molecule has 3 heterocycles. The van der Waals surface area contributed by atoms with Gasteiger partial charge in [0, 0.05) is 18.0 Å². The maximum absolute atomic E-state index is 5.91. The first-order valence-corrected chi connectivity index (χ1v) is 7.21. The van der Waals surface area contributed by atoms with Crippen LogP contribution >= 0.6 is 23.4 Å². The summed E-state index contributed by atoms with van der Waals surface area (Å²) in [4.78, 5) is 4.42. The maximum atomic E-state index is 5.91. The smallest absolute Gasteiger partial charge is 0.243 e. The van der Waals surface area contributed by atoms with Gasteiger partial charge >= 0.3 is 0 Å². The highest BCUT2D eigenvalue weighted by Crippen LogP contribution is 2.20. The minimum absolute atomic E-state index is 0.488. The zero-order valence-corrected chi connectivity index (χ0v) is 10.8. The Balaban J connectivity index is 1.80. The van der Waals surface area contributed by atoms with Crippen LogP contribution < -0.4 is 5.32 Å². The minimum atomic E-state index is 0.488. The number of fused-ring (bicyclic) bond motifs is 1. The van der Waals surface area contributed by atoms with Crippen molar-refractivity contribution < 1.29 is 0 Å². The van der Waals surface area contributed by atoms with Gasteiger partial charge in [0.2, 0.25) is 5.95 Å². The Hall–Kier alpha value is -0.940. The summed E-state index contributed by atoms with van der Waals surface area (Å²) in [6.07, 6.45) is 4.23. The summed E-state index contributed by atoms with van der Waals surface area (Å²) in [5.74, 6) is 3.10. The van der Waals surface area contributed by atoms with Crippen molar-refractivity contribution in [3.8, 4) is 0 Å². The van der Waals surface area contributed by atoms with Crippen LogP contribution in [0.3, 0.4) is 0 Å². The van der Waals surface area contributed by atoms with E-state index in [0.717, 1.165) is 11.4 Å². The van der Waals surface area contributed by atoms with Crippen LogP contribution in [-0.4, -0.2) is 32.1 Å². The molecule has 17 heavy (non-hydrogen) atoms. The van der Waals surface area contributed by atoms with Crippen LogP contribution in [-0.2, 0) is 0 Å². The Bertz CT molecular complexity index is 521. The molecular formula is C11H13ClN4S. The van der Waals surface area contributed by atoms with Gasteiger partial charge in [0.1, 0.15) is 0 Å². The molecule has 0 spiro atoms. The van der Waals surface area contributed by atoms with Crippen molar-refractivity contribution in [1.29, 1.82) is 0 Å². The van der Waals surface area contributed by atoms with Gasteiger partial charge in [-0.05, 0) is 30.7 Å². The molecule has 0 radical (unpaired) electrons. The van der Waals surface area contributed by atoms with E-state index < -0.39 is 0 Å². The first-order valence-electron chi connectivity index (χ1n) is 5.67. The third-order valence-corrected chi connectivity index (χ3v) is 4.23. The van der Waals surface area contributed by atoms with Crippen molar-refractivity contribution in [2.24, 2.45) is 0 Å². The molecule has 1 saturated heterocycles. The molecule has 0 bridgehead atoms. The number of pyridine rings is 1. The normalized spacial score (nSPS) is 20.6. The molecule has 1 aliphatic rings. The van der Waals surface area contributed by atoms with Gasteiger partial charge in [0.25, 0.3) is 0 Å². The maximum Gasteiger partial charge on any atom is 0.243 e. The van der Waals surface area contributed by atoms with Crippen LogP contribution in [0.2, 0.25) is 5.02 Å². The van der Waals surface area contributed by atoms with E-state index in [2.05, 4.69) is 15.4 Å². The number of aromatic nitrogens is 3. The molecule has 0 aliphatic carbocycles. The zero-order valence-electron chi connectivity index (χ0n) is 9.27. The topological polar surface area (TPSA) is 42.2 Å². The summed E-state index contributed by atoms with van der Waals surface area (Å²) in [5.41, 5.74) is 0.820. The molecule has 1 unspecified atom stereocenters. The molecule has 2 aromatic rings. The molecule has 4 nitrogen and oxygen atoms in total. The number of thioether (sulfide) groups is 1. The summed E-state index contributed by atoms with van der Waals surface area (Å²) in [7, 11) is 0. The number of hydrogen-bond donors (Lipinski definition) is 1. The van der Waals surface area contributed by atoms with Crippen LogP contribution in [0, 0.1) is 0 Å². The fourth-order valence-corrected chi connectivity index (χ4v) is 3.18. The number of rotatable bonds is 2. The van der Waals surface area contributed by atoms with Gasteiger partial charge in [-0.2, -0.15) is 16.7 Å². The number of nitrogens with one attached hydrogen (secondary N) is 1. The highest BCUT2D eigenvalue weighted by molar-refractivity contribution is 7.99. The Morgan fingerprint density at radius 1 is 1.47 bits per heavy atom. The van der Waals surface area contributed by atoms with Gasteiger partial charge in [-0.25, -0.2) is 4.52 Å². The van der Waals surface area contributed by atoms with Crippen LogP contribution in [0.1, 0.15) is 12.8 Å². The molecule has 1 aliphatic heterocycles. The summed E-state index contributed by atoms with van der Waals surface area (Å²) < 4.78 is 1.71. The van der Waals surface area contributed by atoms with Crippen LogP contribution in [0.4, 0.5) is 5.95 Å². The molecule has 3 rings (SSSR count). The van der Waals surface area contributed by atoms with E-state index in [1.165, 1.54) is 18.6 Å². The molecular weight excluding hydrogens is 256 g/mol. The van der Waals surface area contributed by atoms with Gasteiger partial charge in [-0.1, -0.05) is 11.6 Å². The van der Waals surface area contributed by atoms with Crippen molar-refractivity contribution in [1.82, 2.24) is 14.6 Å². The first-order chi connectivity index (χ1) is 8.31. The Kier molecular flexibility index (Phi) is 3.11. The summed E-state index contributed by atoms with van der Waals surface area (Å²) in [6.45, 7) is 0. The van der Waals surface area contributed by atoms with E-state index in [1.54, 1.807) is 10.7 Å². The van der Waals surface area contributed by atoms with Gasteiger partial charge in [0.15, 0.2) is 5.65 Å². The Labute approximate surface area is 109 Å². The summed E-state index contributed by atoms with van der Waals surface area (Å²) in [5, 5.41) is 8.42. The second-order valence-corrected chi connectivity index (χ2v) is 5.73. The second kappa shape index (κ2) is 4.74. The van der Waals surface area contributed by atoms with Gasteiger partial charge in [-0.15, -0.1) is 5.10 Å². The number of hydrogen-bond acceptors (Lipinski definition) is 4. The van der Waals surface area contributed by atoms with E-state index in [9.17, 15) is 0 Å². The van der Waals surface area contributed by atoms with Crippen molar-refractivity contribution in [3.63, 3.8) is 0 Å². The van der Waals surface area contributed by atoms with Crippen LogP contribution in [0.25, 0.3) is 5.65 Å². The lowest BCUT2D eigenvalue weighted by atomic mass is 10.2. The van der Waals surface area contributed by atoms with Crippen molar-refractivity contribution in [2.45, 2.75) is 18.9 Å². The van der Waals surface area contributed by atoms with Gasteiger partial charge in [-0.3, -0.25) is 0 Å². The lowest BCUT2D eigenvalue weighted by Gasteiger charge is -2.21. The number of nitrogens with zero attached hydrogens (tertiary/aromatic N) is 3. The minimum Gasteiger partial charge on any atom is -0.349 e. The molecule has 0 aromatic carbocycles. The first kappa shape index (κ1) is 11.2. The average molecular weight is 269 g/mol. The quantitative estimate of drug-likeness (QED) is 0.909. The molecule has 0 amide bonds. The third kappa shape index (κ3) is 2.50. The van der Waals surface area contributed by atoms with Crippen molar-refractivity contribution in [2.75, 3.05) is 16.8 Å². The van der Waals surface area contributed by atoms with Gasteiger partial charge < -0.3 is 5.32 Å². The van der Waals surface area contributed by atoms with E-state index in [-0.39, 0.29) is 0 Å². The molecule has 1 N–H and O–H groups in total. The van der Waals surface area contributed by atoms with Crippen molar-refractivity contribution in [3.05, 3.63) is 23.4 Å². The fourth-order valence-electron chi connectivity index (χ4n) is 1.96. The van der Waals surface area contributed by atoms with E-state index in [0.29, 0.717) is 17.0 Å². The van der Waals surface area contributed by atoms with E-state index in [1.807, 2.05) is 23.9 Å². The summed E-state index contributed by atoms with van der Waals surface area (Å²) >= 11 is 7.89. The second-order valence-electron chi connectivity index (χ2n) is 4.14. The van der Waals surface area contributed by atoms with E-state index >= 15 is 0 Å². The summed E-state index contributed by atoms with van der Waals surface area (Å²) in [6, 6.07) is 4.18. The monoisotopic (exact) mass is 268 g/mol. The molecule has 1 fully saturated rings. The molecule has 90 valence electrons. The molecule has 0 saturated carbocycles. The van der Waals surface area contributed by atoms with Crippen molar-refractivity contribution >= 4 is 35.0 Å². The fraction of sp³-hybridized carbons (Fsp3) is 0.455. The predicted molar refractivity (Wildman–Crippen MR) is 72.0 cm³/mol. The largest absolute Gasteiger partial charge is 0.349 e. The Morgan fingerprint density at radius 3 is 3.24 bits per heavy atom. The Morgan fingerprint density at radius 2 is 2.41 bits per heavy atom. The van der Waals surface area contributed by atoms with E-state index in [4.69, 9.17) is 11.6 Å². The average Bonchev–Trinajstić information content (AvgIpc) is 2.71. The lowest BCUT2D eigenvalue weighted by Crippen LogP contribution is -2.26. The predicted octanol–water partition coefficient (Wildman–Crippen LogP) is 2.69.